The standard InChI is InChI=1S/C20H19BrN4S/c1-12-11-16(13(2)23-12)19-18(17-5-3-4-10-22-17)24-20(26)25(19)15-8-6-14(21)7-9-15/h3-11,18-19,23H,1-2H3,(H,24,26)/t18-,19-/m0/s1. The van der Waals surface area contributed by atoms with Crippen LogP contribution < -0.4 is 10.2 Å². The largest absolute Gasteiger partial charge is 0.362 e. The maximum atomic E-state index is 5.72. The van der Waals surface area contributed by atoms with Crippen LogP contribution in [0.25, 0.3) is 0 Å². The first-order valence-electron chi connectivity index (χ1n) is 8.47. The summed E-state index contributed by atoms with van der Waals surface area (Å²) in [7, 11) is 0. The molecule has 132 valence electrons. The van der Waals surface area contributed by atoms with Crippen LogP contribution in [0.3, 0.4) is 0 Å². The quantitative estimate of drug-likeness (QED) is 0.580. The molecular weight excluding hydrogens is 408 g/mol. The molecule has 0 bridgehead atoms. The van der Waals surface area contributed by atoms with Crippen molar-refractivity contribution in [3.05, 3.63) is 81.8 Å². The number of aryl methyl sites for hydroxylation is 2. The predicted octanol–water partition coefficient (Wildman–Crippen LogP) is 4.97. The van der Waals surface area contributed by atoms with Gasteiger partial charge < -0.3 is 15.2 Å². The Hall–Kier alpha value is -2.18. The number of hydrogen-bond donors (Lipinski definition) is 2. The summed E-state index contributed by atoms with van der Waals surface area (Å²) in [6.45, 7) is 4.19. The third kappa shape index (κ3) is 3.04. The second-order valence-electron chi connectivity index (χ2n) is 6.51. The van der Waals surface area contributed by atoms with Gasteiger partial charge in [-0.25, -0.2) is 0 Å². The highest BCUT2D eigenvalue weighted by Gasteiger charge is 2.41. The highest BCUT2D eigenvalue weighted by molar-refractivity contribution is 9.10. The van der Waals surface area contributed by atoms with Crippen molar-refractivity contribution >= 4 is 38.9 Å². The van der Waals surface area contributed by atoms with Crippen molar-refractivity contribution in [3.63, 3.8) is 0 Å². The average molecular weight is 427 g/mol. The van der Waals surface area contributed by atoms with Crippen molar-refractivity contribution < 1.29 is 0 Å². The van der Waals surface area contributed by atoms with Gasteiger partial charge in [0.25, 0.3) is 0 Å². The first-order valence-corrected chi connectivity index (χ1v) is 9.67. The number of benzene rings is 1. The van der Waals surface area contributed by atoms with E-state index in [1.807, 2.05) is 36.5 Å². The van der Waals surface area contributed by atoms with Crippen molar-refractivity contribution in [2.75, 3.05) is 4.90 Å². The van der Waals surface area contributed by atoms with E-state index in [9.17, 15) is 0 Å². The molecule has 2 aromatic heterocycles. The second-order valence-corrected chi connectivity index (χ2v) is 7.81. The number of nitrogens with zero attached hydrogens (tertiary/aromatic N) is 2. The zero-order valence-corrected chi connectivity index (χ0v) is 16.9. The fraction of sp³-hybridized carbons (Fsp3) is 0.200. The van der Waals surface area contributed by atoms with Gasteiger partial charge >= 0.3 is 0 Å². The third-order valence-corrected chi connectivity index (χ3v) is 5.55. The first kappa shape index (κ1) is 17.2. The molecule has 1 aromatic carbocycles. The van der Waals surface area contributed by atoms with Gasteiger partial charge in [-0.2, -0.15) is 0 Å². The molecule has 3 aromatic rings. The van der Waals surface area contributed by atoms with Gasteiger partial charge in [-0.1, -0.05) is 22.0 Å². The molecule has 4 rings (SSSR count). The Bertz CT molecular complexity index is 936. The topological polar surface area (TPSA) is 44.0 Å². The van der Waals surface area contributed by atoms with Crippen LogP contribution in [0, 0.1) is 13.8 Å². The van der Waals surface area contributed by atoms with Gasteiger partial charge in [0.05, 0.1) is 17.8 Å². The molecule has 4 nitrogen and oxygen atoms in total. The molecule has 2 atom stereocenters. The molecule has 1 fully saturated rings. The number of nitrogens with one attached hydrogen (secondary N) is 2. The van der Waals surface area contributed by atoms with Crippen molar-refractivity contribution in [3.8, 4) is 0 Å². The summed E-state index contributed by atoms with van der Waals surface area (Å²) < 4.78 is 1.05. The third-order valence-electron chi connectivity index (χ3n) is 4.71. The molecular formula is C20H19BrN4S. The molecule has 0 amide bonds. The minimum atomic E-state index is -0.0127. The van der Waals surface area contributed by atoms with Crippen LogP contribution in [0.2, 0.25) is 0 Å². The lowest BCUT2D eigenvalue weighted by Gasteiger charge is -2.28. The molecule has 0 aliphatic carbocycles. The summed E-state index contributed by atoms with van der Waals surface area (Å²) in [5, 5.41) is 4.20. The molecule has 1 saturated heterocycles. The lowest BCUT2D eigenvalue weighted by atomic mass is 9.96. The number of pyridine rings is 1. The minimum absolute atomic E-state index is 0.0127. The summed E-state index contributed by atoms with van der Waals surface area (Å²) in [5.74, 6) is 0. The van der Waals surface area contributed by atoms with Crippen molar-refractivity contribution in [2.24, 2.45) is 0 Å². The Morgan fingerprint density at radius 1 is 1.12 bits per heavy atom. The van der Waals surface area contributed by atoms with Crippen molar-refractivity contribution in [1.82, 2.24) is 15.3 Å². The summed E-state index contributed by atoms with van der Waals surface area (Å²) in [6.07, 6.45) is 1.83. The maximum Gasteiger partial charge on any atom is 0.174 e. The SMILES string of the molecule is Cc1cc([C@H]2[C@H](c3ccccn3)NC(=S)N2c2ccc(Br)cc2)c(C)[nH]1. The number of thiocarbonyl (C=S) groups is 1. The molecule has 26 heavy (non-hydrogen) atoms. The van der Waals surface area contributed by atoms with E-state index in [2.05, 4.69) is 68.2 Å². The van der Waals surface area contributed by atoms with Crippen molar-refractivity contribution in [1.29, 1.82) is 0 Å². The molecule has 1 aliphatic rings. The molecule has 0 unspecified atom stereocenters. The van der Waals surface area contributed by atoms with Gasteiger partial charge in [-0.05, 0) is 74.1 Å². The number of aromatic nitrogens is 2. The lowest BCUT2D eigenvalue weighted by molar-refractivity contribution is 0.566. The molecule has 1 aliphatic heterocycles. The van der Waals surface area contributed by atoms with E-state index in [0.29, 0.717) is 5.11 Å². The summed E-state index contributed by atoms with van der Waals surface area (Å²) in [6, 6.07) is 16.5. The number of hydrogen-bond acceptors (Lipinski definition) is 2. The van der Waals surface area contributed by atoms with Gasteiger partial charge in [0, 0.05) is 27.7 Å². The van der Waals surface area contributed by atoms with Crippen LogP contribution >= 0.6 is 28.1 Å². The van der Waals surface area contributed by atoms with Crippen LogP contribution in [0.5, 0.6) is 0 Å². The number of rotatable bonds is 3. The summed E-state index contributed by atoms with van der Waals surface area (Å²) >= 11 is 9.24. The van der Waals surface area contributed by atoms with E-state index in [1.165, 1.54) is 5.56 Å². The summed E-state index contributed by atoms with van der Waals surface area (Å²) in [4.78, 5) is 10.2. The highest BCUT2D eigenvalue weighted by atomic mass is 79.9. The Labute approximate surface area is 166 Å². The minimum Gasteiger partial charge on any atom is -0.362 e. The van der Waals surface area contributed by atoms with E-state index in [-0.39, 0.29) is 12.1 Å². The Morgan fingerprint density at radius 3 is 2.50 bits per heavy atom. The highest BCUT2D eigenvalue weighted by Crippen LogP contribution is 2.42. The number of anilines is 1. The second kappa shape index (κ2) is 6.85. The Balaban J connectivity index is 1.85. The van der Waals surface area contributed by atoms with Crippen LogP contribution in [0.15, 0.2) is 59.2 Å². The van der Waals surface area contributed by atoms with E-state index in [0.717, 1.165) is 27.2 Å². The monoisotopic (exact) mass is 426 g/mol. The van der Waals surface area contributed by atoms with Crippen LogP contribution in [0.4, 0.5) is 5.69 Å². The average Bonchev–Trinajstić information content (AvgIpc) is 3.15. The van der Waals surface area contributed by atoms with Gasteiger partial charge in [-0.3, -0.25) is 4.98 Å². The molecule has 6 heteroatoms. The fourth-order valence-electron chi connectivity index (χ4n) is 3.60. The maximum absolute atomic E-state index is 5.72. The molecule has 0 saturated carbocycles. The van der Waals surface area contributed by atoms with Crippen LogP contribution in [-0.4, -0.2) is 15.1 Å². The lowest BCUT2D eigenvalue weighted by Crippen LogP contribution is -2.29. The molecule has 0 spiro atoms. The predicted molar refractivity (Wildman–Crippen MR) is 112 cm³/mol. The summed E-state index contributed by atoms with van der Waals surface area (Å²) in [5.41, 5.74) is 5.58. The van der Waals surface area contributed by atoms with Gasteiger partial charge in [0.1, 0.15) is 0 Å². The smallest absolute Gasteiger partial charge is 0.174 e. The van der Waals surface area contributed by atoms with Crippen LogP contribution in [0.1, 0.15) is 34.7 Å². The number of halogens is 1. The Morgan fingerprint density at radius 2 is 1.88 bits per heavy atom. The van der Waals surface area contributed by atoms with E-state index in [1.54, 1.807) is 0 Å². The van der Waals surface area contributed by atoms with Crippen LogP contribution in [-0.2, 0) is 0 Å². The number of aromatic amines is 1. The Kier molecular flexibility index (Phi) is 4.54. The normalized spacial score (nSPS) is 19.7. The zero-order valence-electron chi connectivity index (χ0n) is 14.5. The van der Waals surface area contributed by atoms with Gasteiger partial charge in [-0.15, -0.1) is 0 Å². The van der Waals surface area contributed by atoms with Gasteiger partial charge in [0.15, 0.2) is 5.11 Å². The van der Waals surface area contributed by atoms with E-state index in [4.69, 9.17) is 12.2 Å². The molecule has 3 heterocycles. The fourth-order valence-corrected chi connectivity index (χ4v) is 4.21. The molecule has 2 N–H and O–H groups in total. The van der Waals surface area contributed by atoms with E-state index >= 15 is 0 Å². The zero-order chi connectivity index (χ0) is 18.3. The first-order chi connectivity index (χ1) is 12.5. The van der Waals surface area contributed by atoms with Crippen molar-refractivity contribution in [2.45, 2.75) is 25.9 Å². The number of H-pyrrole nitrogens is 1. The van der Waals surface area contributed by atoms with E-state index < -0.39 is 0 Å². The molecule has 0 radical (unpaired) electrons. The van der Waals surface area contributed by atoms with Gasteiger partial charge in [0.2, 0.25) is 0 Å².